The van der Waals surface area contributed by atoms with Crippen LogP contribution < -0.4 is 5.84 Å². The Labute approximate surface area is 696 Å². The Morgan fingerprint density at radius 2 is 0.684 bits per heavy atom. The molecule has 117 heavy (non-hydrogen) atoms. The van der Waals surface area contributed by atoms with Gasteiger partial charge in [-0.3, -0.25) is 9.59 Å². The summed E-state index contributed by atoms with van der Waals surface area (Å²) >= 11 is 0. The number of nitrogens with zero attached hydrogens (tertiary/aromatic N) is 2. The maximum absolute atomic E-state index is 12.2. The predicted octanol–water partition coefficient (Wildman–Crippen LogP) is 20.5. The molecule has 0 aromatic heterocycles. The largest absolute Gasteiger partial charge is 0.458 e. The van der Waals surface area contributed by atoms with Gasteiger partial charge in [0.1, 0.15) is 12.7 Å². The van der Waals surface area contributed by atoms with Crippen LogP contribution in [0.4, 0.5) is 0 Å². The van der Waals surface area contributed by atoms with E-state index in [9.17, 15) is 14.4 Å². The zero-order chi connectivity index (χ0) is 81.5. The third-order valence-corrected chi connectivity index (χ3v) is 18.1. The molecule has 13 rings (SSSR count). The Hall–Kier alpha value is -12.1. The number of nitrogens with one attached hydrogen (secondary N) is 1. The molecule has 16 heteroatoms. The molecule has 600 valence electrons. The molecule has 14 nitrogen and oxygen atoms in total. The second-order valence-corrected chi connectivity index (χ2v) is 26.4. The van der Waals surface area contributed by atoms with Gasteiger partial charge >= 0.3 is 11.7 Å². The molecule has 0 bridgehead atoms. The molecule has 12 aromatic carbocycles. The number of hydrazone groups is 1. The smallest absolute Gasteiger partial charge is 0.379 e. The van der Waals surface area contributed by atoms with E-state index in [1.807, 2.05) is 200 Å². The maximum atomic E-state index is 12.2. The number of rotatable bonds is 32. The van der Waals surface area contributed by atoms with E-state index in [-0.39, 0.29) is 44.6 Å². The fraction of sp³-hybridized carbons (Fsp3) is 0.158. The van der Waals surface area contributed by atoms with Crippen LogP contribution in [-0.4, -0.2) is 78.0 Å². The van der Waals surface area contributed by atoms with Crippen LogP contribution in [0.5, 0.6) is 0 Å². The molecule has 1 heterocycles. The van der Waals surface area contributed by atoms with Crippen LogP contribution in [0, 0.1) is 5.53 Å². The highest BCUT2D eigenvalue weighted by Crippen LogP contribution is 2.27. The van der Waals surface area contributed by atoms with Gasteiger partial charge in [0.2, 0.25) is 0 Å². The molecule has 0 spiro atoms. The van der Waals surface area contributed by atoms with Gasteiger partial charge in [-0.25, -0.2) is 4.79 Å². The van der Waals surface area contributed by atoms with Crippen molar-refractivity contribution in [2.75, 3.05) is 33.0 Å². The molecule has 1 saturated heterocycles. The molecule has 5 atom stereocenters. The van der Waals surface area contributed by atoms with Gasteiger partial charge in [0.15, 0.2) is 11.6 Å². The minimum atomic E-state index is -0.397. The third-order valence-electron chi connectivity index (χ3n) is 18.1. The summed E-state index contributed by atoms with van der Waals surface area (Å²) < 4.78 is 31.9. The normalized spacial score (nSPS) is 11.8. The highest BCUT2D eigenvalue weighted by atomic mass is 31.0. The highest BCUT2D eigenvalue weighted by molar-refractivity contribution is 6.92. The van der Waals surface area contributed by atoms with Crippen molar-refractivity contribution in [3.05, 3.63) is 478 Å². The van der Waals surface area contributed by atoms with Gasteiger partial charge < -0.3 is 39.4 Å². The van der Waals surface area contributed by atoms with E-state index >= 15 is 0 Å². The fourth-order valence-corrected chi connectivity index (χ4v) is 11.5. The zero-order valence-electron chi connectivity index (χ0n) is 66.8. The van der Waals surface area contributed by atoms with E-state index in [4.69, 9.17) is 44.9 Å². The summed E-state index contributed by atoms with van der Waals surface area (Å²) in [6.45, 7) is 24.4. The van der Waals surface area contributed by atoms with Crippen LogP contribution in [0.2, 0.25) is 0 Å². The molecule has 1 fully saturated rings. The Morgan fingerprint density at radius 1 is 0.410 bits per heavy atom. The first-order chi connectivity index (χ1) is 56.3. The number of carbonyl (C=O) groups excluding carboxylic acids is 3. The van der Waals surface area contributed by atoms with Crippen molar-refractivity contribution in [3.63, 3.8) is 0 Å². The van der Waals surface area contributed by atoms with Crippen LogP contribution in [-0.2, 0) is 72.9 Å². The van der Waals surface area contributed by atoms with Gasteiger partial charge in [0.05, 0.1) is 93.2 Å². The molecule has 4 N–H and O–H groups in total. The van der Waals surface area contributed by atoms with Crippen LogP contribution in [0.25, 0.3) is 0 Å². The van der Waals surface area contributed by atoms with Crippen molar-refractivity contribution in [2.24, 2.45) is 10.9 Å². The second kappa shape index (κ2) is 53.9. The first-order valence-electron chi connectivity index (χ1n) is 38.0. The molecule has 1 aliphatic heterocycles. The lowest BCUT2D eigenvalue weighted by atomic mass is 9.93. The number of benzene rings is 12. The average molecular weight is 1600 g/mol. The molecule has 0 saturated carbocycles. The number of hydrogen-bond donors (Lipinski definition) is 3. The number of esters is 1. The Balaban J connectivity index is 0.000000218. The molecule has 1 aliphatic rings. The lowest BCUT2D eigenvalue weighted by Gasteiger charge is -2.13. The first-order valence-corrected chi connectivity index (χ1v) is 38.0. The average Bonchev–Trinajstić information content (AvgIpc) is 1.84. The topological polar surface area (TPSA) is 206 Å². The summed E-state index contributed by atoms with van der Waals surface area (Å²) in [5.41, 5.74) is 26.9. The third kappa shape index (κ3) is 33.0. The lowest BCUT2D eigenvalue weighted by molar-refractivity contribution is -0.139. The van der Waals surface area contributed by atoms with Crippen LogP contribution in [0.3, 0.4) is 0 Å². The number of aliphatic hydroxyl groups excluding tert-OH is 1. The second-order valence-electron chi connectivity index (χ2n) is 26.4. The standard InChI is InChI=1S/C18H20O2.C18H18O2.C17H18N2O.C17H17N2O.C17H16O2.C14H12O2.2H3P/c1-14(16-5-3-2-4-6-16)17-9-7-15(8-10-17)11-19-12-18-13-20-18;1-3-18(19)20-13-15-9-11-17(12-10-15)14(2)16-7-5-4-6-8-16;2*1-2-12-20-13-14-8-10-16(11-9-14)17(19-18)15-6-4-3-5-7-15;1-2-12-19-13-14-8-10-16(11-9-14)17(18)15-6-4-3-5-7-15;15-10-11-6-8-13(9-7-11)14(16)12-4-2-1-3-5-12;;/h2-10,14,18H,11-13H2,1H3;3-12,14H,1,13H2,2H3;2-11H,1,12-13,18H2;2-11,18H,1,12-13H2;2-11H,1,12-13H2;1-9,15H,10H2;2*1H3/q;;;+1;;;;/b;;19-17+;;;;;. The van der Waals surface area contributed by atoms with Crippen molar-refractivity contribution < 1.29 is 52.7 Å². The molecular formula is C101H107N4O10P2+. The van der Waals surface area contributed by atoms with E-state index < -0.39 is 5.97 Å². The predicted molar refractivity (Wildman–Crippen MR) is 482 cm³/mol. The van der Waals surface area contributed by atoms with E-state index in [1.165, 1.54) is 33.9 Å². The van der Waals surface area contributed by atoms with Crippen molar-refractivity contribution in [1.82, 2.24) is 0 Å². The highest BCUT2D eigenvalue weighted by Gasteiger charge is 2.22. The Morgan fingerprint density at radius 3 is 1.02 bits per heavy atom. The number of aliphatic hydroxyl groups is 1. The summed E-state index contributed by atoms with van der Waals surface area (Å²) in [6, 6.07) is 106. The summed E-state index contributed by atoms with van der Waals surface area (Å²) in [6.07, 6.45) is 6.70. The Bertz CT molecular complexity index is 4960. The van der Waals surface area contributed by atoms with Crippen molar-refractivity contribution in [2.45, 2.75) is 71.4 Å². The van der Waals surface area contributed by atoms with Crippen LogP contribution in [0.1, 0.15) is 135 Å². The lowest BCUT2D eigenvalue weighted by Crippen LogP contribution is -2.06. The zero-order valence-corrected chi connectivity index (χ0v) is 69.7. The fourth-order valence-electron chi connectivity index (χ4n) is 11.5. The Kier molecular flexibility index (Phi) is 43.2. The number of epoxide rings is 1. The van der Waals surface area contributed by atoms with Crippen LogP contribution >= 0.6 is 19.8 Å². The quantitative estimate of drug-likeness (QED) is 0.00294. The number of nitrogens with two attached hydrogens (primary N) is 1. The number of ether oxygens (including phenoxy) is 6. The molecule has 12 aromatic rings. The molecule has 0 radical (unpaired) electrons. The summed E-state index contributed by atoms with van der Waals surface area (Å²) in [4.78, 5) is 38.8. The van der Waals surface area contributed by atoms with Gasteiger partial charge in [-0.1, -0.05) is 342 Å². The van der Waals surface area contributed by atoms with Gasteiger partial charge in [0, 0.05) is 51.3 Å². The molecule has 0 aliphatic carbocycles. The number of hydrogen-bond acceptors (Lipinski definition) is 13. The van der Waals surface area contributed by atoms with E-state index in [0.717, 1.165) is 62.4 Å². The minimum Gasteiger partial charge on any atom is -0.458 e. The van der Waals surface area contributed by atoms with E-state index in [2.05, 4.69) is 141 Å². The summed E-state index contributed by atoms with van der Waals surface area (Å²) in [5, 5.41) is 12.8. The minimum absolute atomic E-state index is 0. The number of ketones is 2. The van der Waals surface area contributed by atoms with E-state index in [0.29, 0.717) is 98.8 Å². The molecular weight excluding hydrogens is 1490 g/mol. The molecule has 5 unspecified atom stereocenters. The maximum Gasteiger partial charge on any atom is 0.379 e. The van der Waals surface area contributed by atoms with Crippen molar-refractivity contribution >= 4 is 48.8 Å². The van der Waals surface area contributed by atoms with Gasteiger partial charge in [-0.05, 0) is 79.9 Å². The van der Waals surface area contributed by atoms with Gasteiger partial charge in [-0.15, -0.1) is 19.7 Å². The van der Waals surface area contributed by atoms with Gasteiger partial charge in [0.25, 0.3) is 0 Å². The van der Waals surface area contributed by atoms with E-state index in [1.54, 1.807) is 54.6 Å². The number of carbonyl (C=O) groups is 3. The summed E-state index contributed by atoms with van der Waals surface area (Å²) in [7, 11) is 0. The first kappa shape index (κ1) is 93.7. The SMILES string of the molecule is C=CC(=O)OCc1ccc(C(C)c2ccccc2)cc1.C=CCOCc1ccc(/C(=N/N)c2ccccc2)cc1.C=CCOCc1ccc(C(=O)c2ccccc2)cc1.C=CCOCc1ccc(C(=[N+]=N)c2ccccc2)cc1.CC(c1ccccc1)c1ccc(COCC2CO2)cc1.O=C(c1ccccc1)c1ccc(CO)cc1.P.P. The van der Waals surface area contributed by atoms with Gasteiger partial charge in [-0.2, -0.15) is 24.9 Å². The summed E-state index contributed by atoms with van der Waals surface area (Å²) in [5.74, 6) is 5.94. The van der Waals surface area contributed by atoms with Crippen molar-refractivity contribution in [1.29, 1.82) is 5.53 Å². The van der Waals surface area contributed by atoms with Crippen molar-refractivity contribution in [3.8, 4) is 0 Å². The van der Waals surface area contributed by atoms with Crippen LogP contribution in [0.15, 0.2) is 383 Å². The molecule has 0 amide bonds. The monoisotopic (exact) mass is 1600 g/mol.